The van der Waals surface area contributed by atoms with Crippen molar-refractivity contribution in [3.8, 4) is 11.6 Å². The first-order chi connectivity index (χ1) is 10.7. The van der Waals surface area contributed by atoms with Gasteiger partial charge in [-0.2, -0.15) is 0 Å². The summed E-state index contributed by atoms with van der Waals surface area (Å²) < 4.78 is 6.04. The van der Waals surface area contributed by atoms with Gasteiger partial charge in [0, 0.05) is 13.2 Å². The largest absolute Gasteiger partial charge is 0.433 e. The van der Waals surface area contributed by atoms with Gasteiger partial charge in [-0.05, 0) is 23.9 Å². The van der Waals surface area contributed by atoms with Crippen molar-refractivity contribution in [1.29, 1.82) is 0 Å². The highest BCUT2D eigenvalue weighted by molar-refractivity contribution is 7.17. The number of aliphatic hydroxyl groups is 1. The normalized spacial score (nSPS) is 11.0. The Morgan fingerprint density at radius 2 is 2.23 bits per heavy atom. The maximum absolute atomic E-state index is 10.7. The maximum atomic E-state index is 10.7. The number of nitro groups is 1. The Labute approximate surface area is 128 Å². The number of thiophene rings is 1. The molecule has 0 amide bonds. The van der Waals surface area contributed by atoms with E-state index in [9.17, 15) is 10.1 Å². The van der Waals surface area contributed by atoms with Crippen LogP contribution in [0.1, 0.15) is 6.42 Å². The Kier molecular flexibility index (Phi) is 3.98. The zero-order chi connectivity index (χ0) is 15.5. The number of anilines is 1. The van der Waals surface area contributed by atoms with Crippen LogP contribution in [0.5, 0.6) is 0 Å². The Bertz CT molecular complexity index is 813. The molecule has 0 unspecified atom stereocenters. The molecule has 0 saturated heterocycles. The number of nitrogens with zero attached hydrogens (tertiary/aromatic N) is 3. The van der Waals surface area contributed by atoms with Crippen LogP contribution in [0.4, 0.5) is 11.7 Å². The third-order valence-corrected chi connectivity index (χ3v) is 3.83. The molecule has 3 heterocycles. The summed E-state index contributed by atoms with van der Waals surface area (Å²) in [5.41, 5.74) is 0.737. The predicted molar refractivity (Wildman–Crippen MR) is 82.0 cm³/mol. The molecule has 0 aliphatic carbocycles. The number of furan rings is 1. The van der Waals surface area contributed by atoms with Gasteiger partial charge in [0.05, 0.1) is 16.3 Å². The standard InChI is InChI=1S/C13H12N4O4S/c18-6-1-5-14-13-11-8(4-7-22-11)15-12(16-13)9-2-3-10(21-9)17(19)20/h2-4,7,18H,1,5-6H2,(H,14,15,16). The van der Waals surface area contributed by atoms with Crippen LogP contribution in [0.3, 0.4) is 0 Å². The molecule has 22 heavy (non-hydrogen) atoms. The number of nitrogens with one attached hydrogen (secondary N) is 1. The third-order valence-electron chi connectivity index (χ3n) is 2.92. The number of rotatable bonds is 6. The van der Waals surface area contributed by atoms with E-state index in [2.05, 4.69) is 15.3 Å². The highest BCUT2D eigenvalue weighted by atomic mass is 32.1. The SMILES string of the molecule is O=[N+]([O-])c1ccc(-c2nc(NCCCO)c3sccc3n2)o1. The molecule has 0 saturated carbocycles. The second-order valence-electron chi connectivity index (χ2n) is 4.43. The van der Waals surface area contributed by atoms with Crippen molar-refractivity contribution in [1.82, 2.24) is 9.97 Å². The number of fused-ring (bicyclic) bond motifs is 1. The molecule has 3 aromatic heterocycles. The van der Waals surface area contributed by atoms with Crippen LogP contribution >= 0.6 is 11.3 Å². The van der Waals surface area contributed by atoms with E-state index in [0.717, 1.165) is 10.2 Å². The molecule has 9 heteroatoms. The Balaban J connectivity index is 1.99. The van der Waals surface area contributed by atoms with E-state index in [4.69, 9.17) is 9.52 Å². The highest BCUT2D eigenvalue weighted by Gasteiger charge is 2.17. The van der Waals surface area contributed by atoms with Crippen molar-refractivity contribution >= 4 is 33.3 Å². The van der Waals surface area contributed by atoms with Crippen LogP contribution < -0.4 is 5.32 Å². The van der Waals surface area contributed by atoms with Gasteiger partial charge >= 0.3 is 5.88 Å². The van der Waals surface area contributed by atoms with Crippen molar-refractivity contribution in [3.63, 3.8) is 0 Å². The molecule has 0 aromatic carbocycles. The topological polar surface area (TPSA) is 114 Å². The van der Waals surface area contributed by atoms with E-state index in [1.54, 1.807) is 0 Å². The van der Waals surface area contributed by atoms with Gasteiger partial charge in [-0.1, -0.05) is 0 Å². The summed E-state index contributed by atoms with van der Waals surface area (Å²) in [6, 6.07) is 4.60. The Morgan fingerprint density at radius 1 is 1.36 bits per heavy atom. The van der Waals surface area contributed by atoms with Crippen LogP contribution in [0.25, 0.3) is 21.8 Å². The van der Waals surface area contributed by atoms with Gasteiger partial charge in [-0.3, -0.25) is 10.1 Å². The van der Waals surface area contributed by atoms with Crippen LogP contribution in [0.15, 0.2) is 28.0 Å². The van der Waals surface area contributed by atoms with E-state index >= 15 is 0 Å². The minimum absolute atomic E-state index is 0.0862. The quantitative estimate of drug-likeness (QED) is 0.407. The molecule has 0 bridgehead atoms. The fourth-order valence-corrected chi connectivity index (χ4v) is 2.72. The molecule has 0 aliphatic heterocycles. The van der Waals surface area contributed by atoms with E-state index in [0.29, 0.717) is 18.8 Å². The zero-order valence-electron chi connectivity index (χ0n) is 11.4. The van der Waals surface area contributed by atoms with Crippen molar-refractivity contribution in [2.45, 2.75) is 6.42 Å². The van der Waals surface area contributed by atoms with Gasteiger partial charge in [0.1, 0.15) is 10.7 Å². The molecule has 2 N–H and O–H groups in total. The third kappa shape index (κ3) is 2.76. The molecular weight excluding hydrogens is 308 g/mol. The van der Waals surface area contributed by atoms with Gasteiger partial charge < -0.3 is 14.8 Å². The van der Waals surface area contributed by atoms with E-state index in [1.807, 2.05) is 11.4 Å². The summed E-state index contributed by atoms with van der Waals surface area (Å²) in [5.74, 6) is 0.803. The predicted octanol–water partition coefficient (Wildman–Crippen LogP) is 2.65. The zero-order valence-corrected chi connectivity index (χ0v) is 12.2. The lowest BCUT2D eigenvalue weighted by atomic mass is 10.3. The monoisotopic (exact) mass is 320 g/mol. The molecule has 3 aromatic rings. The first-order valence-electron chi connectivity index (χ1n) is 6.53. The molecule has 0 atom stereocenters. The van der Waals surface area contributed by atoms with Crippen molar-refractivity contribution in [2.24, 2.45) is 0 Å². The van der Waals surface area contributed by atoms with E-state index in [1.165, 1.54) is 23.5 Å². The fraction of sp³-hybridized carbons (Fsp3) is 0.231. The summed E-state index contributed by atoms with van der Waals surface area (Å²) in [6.45, 7) is 0.654. The second kappa shape index (κ2) is 6.08. The first kappa shape index (κ1) is 14.4. The molecular formula is C13H12N4O4S. The van der Waals surface area contributed by atoms with E-state index < -0.39 is 4.92 Å². The van der Waals surface area contributed by atoms with Gasteiger partial charge in [0.2, 0.25) is 0 Å². The highest BCUT2D eigenvalue weighted by Crippen LogP contribution is 2.30. The lowest BCUT2D eigenvalue weighted by Gasteiger charge is -2.06. The van der Waals surface area contributed by atoms with Gasteiger partial charge in [-0.15, -0.1) is 11.3 Å². The lowest BCUT2D eigenvalue weighted by molar-refractivity contribution is -0.401. The average molecular weight is 320 g/mol. The number of aromatic nitrogens is 2. The van der Waals surface area contributed by atoms with Crippen LogP contribution in [-0.4, -0.2) is 33.1 Å². The molecule has 0 aliphatic rings. The molecule has 0 radical (unpaired) electrons. The molecule has 3 rings (SSSR count). The van der Waals surface area contributed by atoms with Crippen molar-refractivity contribution in [3.05, 3.63) is 33.7 Å². The van der Waals surface area contributed by atoms with Gasteiger partial charge in [0.25, 0.3) is 0 Å². The van der Waals surface area contributed by atoms with Crippen LogP contribution in [-0.2, 0) is 0 Å². The molecule has 8 nitrogen and oxygen atoms in total. The fourth-order valence-electron chi connectivity index (χ4n) is 1.93. The number of aliphatic hydroxyl groups excluding tert-OH is 1. The van der Waals surface area contributed by atoms with Crippen molar-refractivity contribution in [2.75, 3.05) is 18.5 Å². The minimum atomic E-state index is -0.604. The first-order valence-corrected chi connectivity index (χ1v) is 7.41. The molecule has 114 valence electrons. The summed E-state index contributed by atoms with van der Waals surface area (Å²) in [7, 11) is 0. The molecule has 0 spiro atoms. The van der Waals surface area contributed by atoms with Gasteiger partial charge in [0.15, 0.2) is 11.6 Å². The van der Waals surface area contributed by atoms with Crippen LogP contribution in [0.2, 0.25) is 0 Å². The second-order valence-corrected chi connectivity index (χ2v) is 5.35. The summed E-state index contributed by atoms with van der Waals surface area (Å²) in [4.78, 5) is 18.8. The number of hydrogen-bond donors (Lipinski definition) is 2. The Hall–Kier alpha value is -2.52. The van der Waals surface area contributed by atoms with E-state index in [-0.39, 0.29) is 24.1 Å². The number of hydrogen-bond acceptors (Lipinski definition) is 8. The lowest BCUT2D eigenvalue weighted by Crippen LogP contribution is -2.06. The minimum Gasteiger partial charge on any atom is -0.397 e. The summed E-state index contributed by atoms with van der Waals surface area (Å²) in [5, 5.41) is 24.6. The maximum Gasteiger partial charge on any atom is 0.433 e. The smallest absolute Gasteiger partial charge is 0.397 e. The summed E-state index contributed by atoms with van der Waals surface area (Å²) in [6.07, 6.45) is 0.596. The van der Waals surface area contributed by atoms with Gasteiger partial charge in [-0.25, -0.2) is 9.97 Å². The summed E-state index contributed by atoms with van der Waals surface area (Å²) >= 11 is 1.50. The van der Waals surface area contributed by atoms with Crippen molar-refractivity contribution < 1.29 is 14.4 Å². The average Bonchev–Trinajstić information content (AvgIpc) is 3.16. The van der Waals surface area contributed by atoms with Crippen LogP contribution in [0, 0.1) is 10.1 Å². The molecule has 0 fully saturated rings. The Morgan fingerprint density at radius 3 is 2.95 bits per heavy atom.